The smallest absolute Gasteiger partial charge is 0.124 e. The monoisotopic (exact) mass is 216 g/mol. The third kappa shape index (κ3) is 2.03. The third-order valence-corrected chi connectivity index (χ3v) is 2.37. The number of halogens is 1. The second-order valence-electron chi connectivity index (χ2n) is 3.97. The summed E-state index contributed by atoms with van der Waals surface area (Å²) in [6, 6.07) is 6.63. The van der Waals surface area contributed by atoms with E-state index in [-0.39, 0.29) is 5.82 Å². The van der Waals surface area contributed by atoms with Crippen molar-refractivity contribution >= 4 is 5.69 Å². The van der Waals surface area contributed by atoms with Gasteiger partial charge in [-0.2, -0.15) is 0 Å². The first-order valence-electron chi connectivity index (χ1n) is 5.06. The van der Waals surface area contributed by atoms with Crippen molar-refractivity contribution < 1.29 is 4.39 Å². The van der Waals surface area contributed by atoms with Crippen molar-refractivity contribution in [3.63, 3.8) is 0 Å². The molecule has 82 valence electrons. The molecule has 0 unspecified atom stereocenters. The van der Waals surface area contributed by atoms with Gasteiger partial charge in [-0.3, -0.25) is 4.98 Å². The molecule has 0 aliphatic heterocycles. The summed E-state index contributed by atoms with van der Waals surface area (Å²) >= 11 is 0. The fourth-order valence-corrected chi connectivity index (χ4v) is 1.71. The van der Waals surface area contributed by atoms with Gasteiger partial charge in [-0.25, -0.2) is 4.39 Å². The molecule has 0 radical (unpaired) electrons. The normalized spacial score (nSPS) is 10.4. The molecule has 0 saturated carbocycles. The van der Waals surface area contributed by atoms with Gasteiger partial charge in [0.15, 0.2) is 0 Å². The molecule has 0 aliphatic carbocycles. The van der Waals surface area contributed by atoms with Crippen molar-refractivity contribution in [3.8, 4) is 11.3 Å². The Balaban J connectivity index is 2.58. The Morgan fingerprint density at radius 3 is 2.44 bits per heavy atom. The van der Waals surface area contributed by atoms with E-state index in [1.54, 1.807) is 6.20 Å². The summed E-state index contributed by atoms with van der Waals surface area (Å²) in [4.78, 5) is 4.24. The molecule has 2 nitrogen and oxygen atoms in total. The van der Waals surface area contributed by atoms with E-state index in [4.69, 9.17) is 5.73 Å². The van der Waals surface area contributed by atoms with Crippen LogP contribution in [0.25, 0.3) is 11.3 Å². The zero-order chi connectivity index (χ0) is 11.7. The van der Waals surface area contributed by atoms with Gasteiger partial charge < -0.3 is 5.73 Å². The van der Waals surface area contributed by atoms with Crippen LogP contribution in [0.15, 0.2) is 30.5 Å². The molecule has 16 heavy (non-hydrogen) atoms. The van der Waals surface area contributed by atoms with Crippen LogP contribution < -0.4 is 5.73 Å². The molecule has 0 aliphatic rings. The molecule has 0 fully saturated rings. The predicted molar refractivity (Wildman–Crippen MR) is 63.5 cm³/mol. The molecule has 0 bridgehead atoms. The lowest BCUT2D eigenvalue weighted by molar-refractivity contribution is 0.627. The molecule has 0 spiro atoms. The van der Waals surface area contributed by atoms with E-state index in [1.165, 1.54) is 12.1 Å². The number of anilines is 1. The zero-order valence-corrected chi connectivity index (χ0v) is 9.29. The number of hydrogen-bond acceptors (Lipinski definition) is 2. The van der Waals surface area contributed by atoms with Gasteiger partial charge in [0.2, 0.25) is 0 Å². The first-order chi connectivity index (χ1) is 7.56. The molecule has 0 atom stereocenters. The summed E-state index contributed by atoms with van der Waals surface area (Å²) in [7, 11) is 0. The molecule has 0 saturated heterocycles. The molecule has 3 heteroatoms. The van der Waals surface area contributed by atoms with E-state index in [9.17, 15) is 4.39 Å². The molecule has 1 aromatic heterocycles. The van der Waals surface area contributed by atoms with Crippen molar-refractivity contribution in [1.29, 1.82) is 0 Å². The Kier molecular flexibility index (Phi) is 2.60. The number of aromatic nitrogens is 1. The predicted octanol–water partition coefficient (Wildman–Crippen LogP) is 3.09. The van der Waals surface area contributed by atoms with Crippen LogP contribution in [-0.2, 0) is 0 Å². The van der Waals surface area contributed by atoms with Gasteiger partial charge in [0.1, 0.15) is 5.82 Å². The molecule has 1 heterocycles. The van der Waals surface area contributed by atoms with Gasteiger partial charge in [0.05, 0.1) is 11.4 Å². The Bertz CT molecular complexity index is 515. The molecule has 0 amide bonds. The highest BCUT2D eigenvalue weighted by molar-refractivity contribution is 5.73. The molecular weight excluding hydrogens is 203 g/mol. The lowest BCUT2D eigenvalue weighted by atomic mass is 10.1. The number of nitrogens with two attached hydrogens (primary N) is 1. The molecule has 2 rings (SSSR count). The van der Waals surface area contributed by atoms with Crippen LogP contribution in [0.3, 0.4) is 0 Å². The number of pyridine rings is 1. The van der Waals surface area contributed by atoms with Crippen LogP contribution >= 0.6 is 0 Å². The van der Waals surface area contributed by atoms with E-state index in [0.717, 1.165) is 16.7 Å². The Morgan fingerprint density at radius 2 is 1.81 bits per heavy atom. The van der Waals surface area contributed by atoms with Crippen molar-refractivity contribution in [1.82, 2.24) is 4.98 Å². The fourth-order valence-electron chi connectivity index (χ4n) is 1.71. The van der Waals surface area contributed by atoms with Crippen molar-refractivity contribution in [2.24, 2.45) is 0 Å². The average Bonchev–Trinajstić information content (AvgIpc) is 2.15. The van der Waals surface area contributed by atoms with Gasteiger partial charge in [0.25, 0.3) is 0 Å². The van der Waals surface area contributed by atoms with E-state index < -0.39 is 0 Å². The second-order valence-corrected chi connectivity index (χ2v) is 3.97. The Labute approximate surface area is 93.9 Å². The lowest BCUT2D eigenvalue weighted by Gasteiger charge is -2.06. The van der Waals surface area contributed by atoms with Crippen molar-refractivity contribution in [2.75, 3.05) is 5.73 Å². The minimum absolute atomic E-state index is 0.267. The standard InChI is InChI=1S/C13H13FN2/c1-8-3-10(6-11(14)4-8)13-12(15)5-9(2)7-16-13/h3-7H,15H2,1-2H3. The van der Waals surface area contributed by atoms with Gasteiger partial charge in [-0.1, -0.05) is 0 Å². The van der Waals surface area contributed by atoms with Gasteiger partial charge in [-0.15, -0.1) is 0 Å². The average molecular weight is 216 g/mol. The van der Waals surface area contributed by atoms with Gasteiger partial charge in [-0.05, 0) is 49.2 Å². The van der Waals surface area contributed by atoms with Crippen molar-refractivity contribution in [2.45, 2.75) is 13.8 Å². The fraction of sp³-hybridized carbons (Fsp3) is 0.154. The topological polar surface area (TPSA) is 38.9 Å². The highest BCUT2D eigenvalue weighted by atomic mass is 19.1. The summed E-state index contributed by atoms with van der Waals surface area (Å²) in [5.74, 6) is -0.267. The number of hydrogen-bond donors (Lipinski definition) is 1. The first kappa shape index (κ1) is 10.6. The number of benzene rings is 1. The summed E-state index contributed by atoms with van der Waals surface area (Å²) in [6.45, 7) is 3.76. The van der Waals surface area contributed by atoms with Crippen molar-refractivity contribution in [3.05, 3.63) is 47.4 Å². The quantitative estimate of drug-likeness (QED) is 0.795. The summed E-state index contributed by atoms with van der Waals surface area (Å²) in [5, 5.41) is 0. The maximum absolute atomic E-state index is 13.3. The van der Waals surface area contributed by atoms with Crippen LogP contribution in [0.5, 0.6) is 0 Å². The summed E-state index contributed by atoms with van der Waals surface area (Å²) < 4.78 is 13.3. The Morgan fingerprint density at radius 1 is 1.06 bits per heavy atom. The number of nitrogen functional groups attached to an aromatic ring is 1. The zero-order valence-electron chi connectivity index (χ0n) is 9.29. The largest absolute Gasteiger partial charge is 0.397 e. The number of aryl methyl sites for hydroxylation is 2. The SMILES string of the molecule is Cc1cc(F)cc(-c2ncc(C)cc2N)c1. The molecule has 1 aromatic carbocycles. The minimum atomic E-state index is -0.267. The maximum atomic E-state index is 13.3. The highest BCUT2D eigenvalue weighted by Gasteiger charge is 2.06. The maximum Gasteiger partial charge on any atom is 0.124 e. The molecule has 2 aromatic rings. The minimum Gasteiger partial charge on any atom is -0.397 e. The van der Waals surface area contributed by atoms with E-state index in [1.807, 2.05) is 26.0 Å². The van der Waals surface area contributed by atoms with Crippen LogP contribution in [-0.4, -0.2) is 4.98 Å². The lowest BCUT2D eigenvalue weighted by Crippen LogP contribution is -1.95. The first-order valence-corrected chi connectivity index (χ1v) is 5.06. The molecular formula is C13H13FN2. The van der Waals surface area contributed by atoms with Gasteiger partial charge in [0, 0.05) is 11.8 Å². The van der Waals surface area contributed by atoms with Crippen LogP contribution in [0, 0.1) is 19.7 Å². The van der Waals surface area contributed by atoms with E-state index in [0.29, 0.717) is 11.4 Å². The number of rotatable bonds is 1. The summed E-state index contributed by atoms with van der Waals surface area (Å²) in [6.07, 6.45) is 1.73. The van der Waals surface area contributed by atoms with E-state index in [2.05, 4.69) is 4.98 Å². The van der Waals surface area contributed by atoms with Crippen LogP contribution in [0.4, 0.5) is 10.1 Å². The molecule has 2 N–H and O–H groups in total. The van der Waals surface area contributed by atoms with Gasteiger partial charge >= 0.3 is 0 Å². The number of nitrogens with zero attached hydrogens (tertiary/aromatic N) is 1. The van der Waals surface area contributed by atoms with Crippen LogP contribution in [0.1, 0.15) is 11.1 Å². The van der Waals surface area contributed by atoms with E-state index >= 15 is 0 Å². The van der Waals surface area contributed by atoms with Crippen LogP contribution in [0.2, 0.25) is 0 Å². The third-order valence-electron chi connectivity index (χ3n) is 2.37. The Hall–Kier alpha value is -1.90. The second kappa shape index (κ2) is 3.93. The summed E-state index contributed by atoms with van der Waals surface area (Å²) in [5.41, 5.74) is 9.65. The highest BCUT2D eigenvalue weighted by Crippen LogP contribution is 2.25.